The highest BCUT2D eigenvalue weighted by atomic mass is 19.1. The van der Waals surface area contributed by atoms with Gasteiger partial charge in [-0.25, -0.2) is 9.37 Å². The summed E-state index contributed by atoms with van der Waals surface area (Å²) in [6.07, 6.45) is 7.85. The van der Waals surface area contributed by atoms with Crippen molar-refractivity contribution in [1.29, 1.82) is 0 Å². The van der Waals surface area contributed by atoms with E-state index in [1.165, 1.54) is 38.4 Å². The Bertz CT molecular complexity index is 479. The van der Waals surface area contributed by atoms with Crippen molar-refractivity contribution in [2.24, 2.45) is 0 Å². The van der Waals surface area contributed by atoms with Crippen molar-refractivity contribution in [3.05, 3.63) is 24.1 Å². The highest BCUT2D eigenvalue weighted by Crippen LogP contribution is 2.31. The van der Waals surface area contributed by atoms with E-state index in [1.807, 2.05) is 0 Å². The number of aromatic nitrogens is 1. The zero-order valence-electron chi connectivity index (χ0n) is 13.5. The molecule has 0 bridgehead atoms. The van der Waals surface area contributed by atoms with Crippen molar-refractivity contribution >= 4 is 5.82 Å². The number of nitrogens with one attached hydrogen (secondary N) is 1. The quantitative estimate of drug-likeness (QED) is 0.926. The first-order chi connectivity index (χ1) is 10.7. The van der Waals surface area contributed by atoms with Crippen LogP contribution in [0.3, 0.4) is 0 Å². The van der Waals surface area contributed by atoms with Gasteiger partial charge in [0.25, 0.3) is 0 Å². The fourth-order valence-corrected chi connectivity index (χ4v) is 3.77. The van der Waals surface area contributed by atoms with E-state index in [4.69, 9.17) is 0 Å². The van der Waals surface area contributed by atoms with Crippen LogP contribution in [0.2, 0.25) is 0 Å². The molecule has 0 saturated carbocycles. The Morgan fingerprint density at radius 3 is 2.59 bits per heavy atom. The average Bonchev–Trinajstić information content (AvgIpc) is 2.57. The van der Waals surface area contributed by atoms with Crippen LogP contribution in [-0.2, 0) is 0 Å². The predicted octanol–water partition coefficient (Wildman–Crippen LogP) is 2.58. The lowest BCUT2D eigenvalue weighted by atomic mass is 9.84. The number of piperidine rings is 2. The maximum Gasteiger partial charge on any atom is 0.165 e. The second kappa shape index (κ2) is 6.92. The Morgan fingerprint density at radius 1 is 1.18 bits per heavy atom. The second-order valence-corrected chi connectivity index (χ2v) is 6.76. The van der Waals surface area contributed by atoms with E-state index in [2.05, 4.69) is 27.1 Å². The van der Waals surface area contributed by atoms with Crippen LogP contribution in [0.5, 0.6) is 0 Å². The summed E-state index contributed by atoms with van der Waals surface area (Å²) < 4.78 is 13.8. The minimum Gasteiger partial charge on any atom is -0.366 e. The van der Waals surface area contributed by atoms with Crippen LogP contribution in [0.4, 0.5) is 10.2 Å². The zero-order chi connectivity index (χ0) is 15.4. The lowest BCUT2D eigenvalue weighted by Crippen LogP contribution is -2.59. The molecule has 1 N–H and O–H groups in total. The molecule has 0 radical (unpaired) electrons. The van der Waals surface area contributed by atoms with Gasteiger partial charge in [-0.2, -0.15) is 0 Å². The molecule has 22 heavy (non-hydrogen) atoms. The lowest BCUT2D eigenvalue weighted by Gasteiger charge is -2.50. The number of halogens is 1. The third kappa shape index (κ3) is 3.41. The van der Waals surface area contributed by atoms with Gasteiger partial charge in [-0.1, -0.05) is 6.42 Å². The molecule has 0 unspecified atom stereocenters. The van der Waals surface area contributed by atoms with Crippen molar-refractivity contribution in [3.8, 4) is 0 Å². The van der Waals surface area contributed by atoms with E-state index in [0.29, 0.717) is 5.82 Å². The van der Waals surface area contributed by atoms with Crippen LogP contribution in [0.1, 0.15) is 32.1 Å². The van der Waals surface area contributed by atoms with E-state index in [0.717, 1.165) is 32.5 Å². The molecular formula is C17H27FN4. The van der Waals surface area contributed by atoms with E-state index in [9.17, 15) is 4.39 Å². The van der Waals surface area contributed by atoms with Gasteiger partial charge in [-0.3, -0.25) is 4.90 Å². The van der Waals surface area contributed by atoms with E-state index < -0.39 is 0 Å². The predicted molar refractivity (Wildman–Crippen MR) is 87.6 cm³/mol. The van der Waals surface area contributed by atoms with Crippen LogP contribution < -0.4 is 5.32 Å². The third-order valence-electron chi connectivity index (χ3n) is 5.29. The molecule has 3 rings (SSSR count). The van der Waals surface area contributed by atoms with Crippen LogP contribution >= 0.6 is 0 Å². The Labute approximate surface area is 132 Å². The number of nitrogens with zero attached hydrogens (tertiary/aromatic N) is 3. The largest absolute Gasteiger partial charge is 0.366 e. The summed E-state index contributed by atoms with van der Waals surface area (Å²) in [5.74, 6) is 0.127. The molecule has 0 aromatic carbocycles. The highest BCUT2D eigenvalue weighted by Gasteiger charge is 2.39. The minimum atomic E-state index is -0.260. The topological polar surface area (TPSA) is 31.4 Å². The first kappa shape index (κ1) is 15.7. The summed E-state index contributed by atoms with van der Waals surface area (Å²) in [6, 6.07) is 3.11. The van der Waals surface area contributed by atoms with Crippen molar-refractivity contribution < 1.29 is 4.39 Å². The van der Waals surface area contributed by atoms with Gasteiger partial charge in [0, 0.05) is 18.3 Å². The molecule has 0 atom stereocenters. The summed E-state index contributed by atoms with van der Waals surface area (Å²) in [7, 11) is 2.19. The molecule has 3 heterocycles. The molecule has 0 aliphatic carbocycles. The minimum absolute atomic E-state index is 0.150. The van der Waals surface area contributed by atoms with Crippen molar-refractivity contribution in [2.75, 3.05) is 45.1 Å². The first-order valence-electron chi connectivity index (χ1n) is 8.48. The number of rotatable bonds is 4. The molecule has 5 heteroatoms. The maximum atomic E-state index is 13.8. The average molecular weight is 306 g/mol. The Balaban J connectivity index is 1.72. The van der Waals surface area contributed by atoms with Crippen molar-refractivity contribution in [2.45, 2.75) is 37.6 Å². The molecule has 1 aromatic rings. The van der Waals surface area contributed by atoms with Crippen LogP contribution in [-0.4, -0.2) is 60.1 Å². The molecule has 4 nitrogen and oxygen atoms in total. The number of hydrogen-bond acceptors (Lipinski definition) is 4. The van der Waals surface area contributed by atoms with Gasteiger partial charge in [0.05, 0.1) is 0 Å². The van der Waals surface area contributed by atoms with Crippen molar-refractivity contribution in [1.82, 2.24) is 14.8 Å². The van der Waals surface area contributed by atoms with Gasteiger partial charge in [-0.05, 0) is 71.0 Å². The molecule has 122 valence electrons. The van der Waals surface area contributed by atoms with Crippen LogP contribution in [0.15, 0.2) is 18.3 Å². The summed E-state index contributed by atoms with van der Waals surface area (Å²) in [5.41, 5.74) is 0.150. The molecule has 0 spiro atoms. The van der Waals surface area contributed by atoms with Crippen LogP contribution in [0, 0.1) is 5.82 Å². The van der Waals surface area contributed by atoms with Gasteiger partial charge < -0.3 is 10.2 Å². The lowest BCUT2D eigenvalue weighted by molar-refractivity contribution is 0.0234. The monoisotopic (exact) mass is 306 g/mol. The molecule has 2 saturated heterocycles. The van der Waals surface area contributed by atoms with Crippen LogP contribution in [0.25, 0.3) is 0 Å². The molecule has 2 aliphatic heterocycles. The highest BCUT2D eigenvalue weighted by molar-refractivity contribution is 5.36. The van der Waals surface area contributed by atoms with Gasteiger partial charge in [0.15, 0.2) is 11.6 Å². The number of hydrogen-bond donors (Lipinski definition) is 1. The maximum absolute atomic E-state index is 13.8. The second-order valence-electron chi connectivity index (χ2n) is 6.76. The summed E-state index contributed by atoms with van der Waals surface area (Å²) in [6.45, 7) is 5.37. The van der Waals surface area contributed by atoms with Gasteiger partial charge in [0.1, 0.15) is 0 Å². The standard InChI is InChI=1S/C17H27FN4/c1-21-12-7-17(8-13-21,22-10-3-2-4-11-22)14-20-16-15(18)6-5-9-19-16/h5-6,9H,2-4,7-8,10-14H2,1H3,(H,19,20). The zero-order valence-corrected chi connectivity index (χ0v) is 13.5. The summed E-state index contributed by atoms with van der Waals surface area (Å²) >= 11 is 0. The molecule has 2 aliphatic rings. The molecule has 0 amide bonds. The van der Waals surface area contributed by atoms with E-state index in [1.54, 1.807) is 12.3 Å². The fourth-order valence-electron chi connectivity index (χ4n) is 3.77. The number of pyridine rings is 1. The van der Waals surface area contributed by atoms with Gasteiger partial charge >= 0.3 is 0 Å². The third-order valence-corrected chi connectivity index (χ3v) is 5.29. The van der Waals surface area contributed by atoms with Gasteiger partial charge in [0.2, 0.25) is 0 Å². The smallest absolute Gasteiger partial charge is 0.165 e. The SMILES string of the molecule is CN1CCC(CNc2ncccc2F)(N2CCCCC2)CC1. The van der Waals surface area contributed by atoms with Gasteiger partial charge in [-0.15, -0.1) is 0 Å². The van der Waals surface area contributed by atoms with E-state index >= 15 is 0 Å². The Kier molecular flexibility index (Phi) is 4.93. The summed E-state index contributed by atoms with van der Waals surface area (Å²) in [4.78, 5) is 9.18. The number of likely N-dealkylation sites (tertiary alicyclic amines) is 2. The molecule has 1 aromatic heterocycles. The number of anilines is 1. The first-order valence-corrected chi connectivity index (χ1v) is 8.48. The Morgan fingerprint density at radius 2 is 1.91 bits per heavy atom. The van der Waals surface area contributed by atoms with Crippen molar-refractivity contribution in [3.63, 3.8) is 0 Å². The molecule has 2 fully saturated rings. The molecular weight excluding hydrogens is 279 g/mol. The normalized spacial score (nSPS) is 23.4. The summed E-state index contributed by atoms with van der Waals surface area (Å²) in [5, 5.41) is 3.29. The fraction of sp³-hybridized carbons (Fsp3) is 0.706. The van der Waals surface area contributed by atoms with E-state index in [-0.39, 0.29) is 11.4 Å². The Hall–Kier alpha value is -1.20.